The number of aryl methyl sites for hydroxylation is 1. The Labute approximate surface area is 111 Å². The van der Waals surface area contributed by atoms with Gasteiger partial charge < -0.3 is 9.73 Å². The first kappa shape index (κ1) is 13.7. The van der Waals surface area contributed by atoms with Crippen LogP contribution in [-0.4, -0.2) is 6.04 Å². The lowest BCUT2D eigenvalue weighted by atomic mass is 10.1. The fourth-order valence-electron chi connectivity index (χ4n) is 1.76. The summed E-state index contributed by atoms with van der Waals surface area (Å²) < 4.78 is 32.8. The standard InChI is InChI=1S/C15H17F2NO/c1-9(2)18-8-11-4-5-15(19-11)12-7-13(16)10(3)6-14(12)17/h4-7,9,18H,8H2,1-3H3. The third-order valence-corrected chi connectivity index (χ3v) is 2.86. The highest BCUT2D eigenvalue weighted by molar-refractivity contribution is 5.59. The number of halogens is 2. The van der Waals surface area contributed by atoms with Gasteiger partial charge in [0.25, 0.3) is 0 Å². The fourth-order valence-corrected chi connectivity index (χ4v) is 1.76. The highest BCUT2D eigenvalue weighted by Crippen LogP contribution is 2.27. The zero-order valence-electron chi connectivity index (χ0n) is 11.3. The first-order chi connectivity index (χ1) is 8.97. The number of hydrogen-bond acceptors (Lipinski definition) is 2. The molecule has 2 nitrogen and oxygen atoms in total. The SMILES string of the molecule is Cc1cc(F)c(-c2ccc(CNC(C)C)o2)cc1F. The molecule has 0 radical (unpaired) electrons. The van der Waals surface area contributed by atoms with Crippen molar-refractivity contribution in [2.24, 2.45) is 0 Å². The zero-order chi connectivity index (χ0) is 14.0. The van der Waals surface area contributed by atoms with Gasteiger partial charge in [-0.25, -0.2) is 8.78 Å². The third kappa shape index (κ3) is 3.20. The fraction of sp³-hybridized carbons (Fsp3) is 0.333. The van der Waals surface area contributed by atoms with E-state index in [1.165, 1.54) is 19.1 Å². The van der Waals surface area contributed by atoms with Gasteiger partial charge in [-0.15, -0.1) is 0 Å². The molecule has 0 saturated heterocycles. The molecule has 19 heavy (non-hydrogen) atoms. The van der Waals surface area contributed by atoms with Crippen LogP contribution in [0.5, 0.6) is 0 Å². The van der Waals surface area contributed by atoms with Crippen molar-refractivity contribution in [3.05, 3.63) is 47.2 Å². The van der Waals surface area contributed by atoms with Gasteiger partial charge in [-0.1, -0.05) is 13.8 Å². The van der Waals surface area contributed by atoms with Crippen LogP contribution in [0.4, 0.5) is 8.78 Å². The van der Waals surface area contributed by atoms with Crippen molar-refractivity contribution >= 4 is 0 Å². The third-order valence-electron chi connectivity index (χ3n) is 2.86. The Balaban J connectivity index is 2.25. The van der Waals surface area contributed by atoms with Gasteiger partial charge >= 0.3 is 0 Å². The van der Waals surface area contributed by atoms with Gasteiger partial charge in [0, 0.05) is 6.04 Å². The van der Waals surface area contributed by atoms with Crippen molar-refractivity contribution in [2.75, 3.05) is 0 Å². The molecule has 2 rings (SSSR count). The van der Waals surface area contributed by atoms with Gasteiger partial charge in [0.1, 0.15) is 23.2 Å². The lowest BCUT2D eigenvalue weighted by Crippen LogP contribution is -2.21. The first-order valence-corrected chi connectivity index (χ1v) is 6.25. The lowest BCUT2D eigenvalue weighted by molar-refractivity contribution is 0.470. The molecule has 4 heteroatoms. The van der Waals surface area contributed by atoms with E-state index in [-0.39, 0.29) is 11.1 Å². The summed E-state index contributed by atoms with van der Waals surface area (Å²) in [6.45, 7) is 6.15. The predicted molar refractivity (Wildman–Crippen MR) is 70.8 cm³/mol. The summed E-state index contributed by atoms with van der Waals surface area (Å²) in [5.41, 5.74) is 0.438. The Kier molecular flexibility index (Phi) is 4.00. The van der Waals surface area contributed by atoms with Crippen LogP contribution in [0.25, 0.3) is 11.3 Å². The van der Waals surface area contributed by atoms with Crippen LogP contribution in [0.3, 0.4) is 0 Å². The molecule has 0 fully saturated rings. The summed E-state index contributed by atoms with van der Waals surface area (Å²) >= 11 is 0. The lowest BCUT2D eigenvalue weighted by Gasteiger charge is -2.05. The number of nitrogens with one attached hydrogen (secondary N) is 1. The van der Waals surface area contributed by atoms with E-state index >= 15 is 0 Å². The molecule has 1 aromatic carbocycles. The maximum Gasteiger partial charge on any atom is 0.137 e. The number of hydrogen-bond donors (Lipinski definition) is 1. The Bertz CT molecular complexity index is 576. The van der Waals surface area contributed by atoms with Gasteiger partial charge in [0.05, 0.1) is 12.1 Å². The molecule has 0 amide bonds. The molecule has 0 aliphatic carbocycles. The maximum atomic E-state index is 13.8. The van der Waals surface area contributed by atoms with Crippen LogP contribution in [0.1, 0.15) is 25.2 Å². The zero-order valence-corrected chi connectivity index (χ0v) is 11.3. The van der Waals surface area contributed by atoms with Crippen LogP contribution >= 0.6 is 0 Å². The molecule has 0 atom stereocenters. The van der Waals surface area contributed by atoms with Crippen molar-refractivity contribution in [3.63, 3.8) is 0 Å². The molecule has 0 unspecified atom stereocenters. The minimum Gasteiger partial charge on any atom is -0.460 e. The molecule has 1 heterocycles. The van der Waals surface area contributed by atoms with Crippen LogP contribution < -0.4 is 5.32 Å². The molecule has 0 saturated carbocycles. The summed E-state index contributed by atoms with van der Waals surface area (Å²) in [4.78, 5) is 0. The minimum atomic E-state index is -0.475. The van der Waals surface area contributed by atoms with E-state index in [4.69, 9.17) is 4.42 Å². The highest BCUT2D eigenvalue weighted by atomic mass is 19.1. The van der Waals surface area contributed by atoms with E-state index in [0.717, 1.165) is 0 Å². The van der Waals surface area contributed by atoms with E-state index in [0.29, 0.717) is 24.1 Å². The Hall–Kier alpha value is -1.68. The second-order valence-corrected chi connectivity index (χ2v) is 4.88. The molecule has 0 aliphatic rings. The van der Waals surface area contributed by atoms with Gasteiger partial charge in [-0.3, -0.25) is 0 Å². The van der Waals surface area contributed by atoms with Gasteiger partial charge in [-0.2, -0.15) is 0 Å². The Morgan fingerprint density at radius 1 is 1.16 bits per heavy atom. The van der Waals surface area contributed by atoms with Crippen LogP contribution in [0.15, 0.2) is 28.7 Å². The molecule has 1 N–H and O–H groups in total. The second kappa shape index (κ2) is 5.53. The molecule has 0 spiro atoms. The maximum absolute atomic E-state index is 13.8. The summed E-state index contributed by atoms with van der Waals surface area (Å²) in [6, 6.07) is 6.11. The molecule has 102 valence electrons. The Morgan fingerprint density at radius 2 is 1.89 bits per heavy atom. The van der Waals surface area contributed by atoms with Gasteiger partial charge in [0.15, 0.2) is 0 Å². The van der Waals surface area contributed by atoms with E-state index in [2.05, 4.69) is 5.32 Å². The van der Waals surface area contributed by atoms with Crippen LogP contribution in [0.2, 0.25) is 0 Å². The van der Waals surface area contributed by atoms with Crippen molar-refractivity contribution in [1.29, 1.82) is 0 Å². The summed E-state index contributed by atoms with van der Waals surface area (Å²) in [5, 5.41) is 3.20. The van der Waals surface area contributed by atoms with Crippen molar-refractivity contribution < 1.29 is 13.2 Å². The number of benzene rings is 1. The predicted octanol–water partition coefficient (Wildman–Crippen LogP) is 4.03. The summed E-state index contributed by atoms with van der Waals surface area (Å²) in [6.07, 6.45) is 0. The summed E-state index contributed by atoms with van der Waals surface area (Å²) in [7, 11) is 0. The molecule has 2 aromatic rings. The molecular weight excluding hydrogens is 248 g/mol. The molecule has 1 aromatic heterocycles. The van der Waals surface area contributed by atoms with E-state index in [1.54, 1.807) is 12.1 Å². The first-order valence-electron chi connectivity index (χ1n) is 6.25. The molecular formula is C15H17F2NO. The minimum absolute atomic E-state index is 0.152. The van der Waals surface area contributed by atoms with Crippen molar-refractivity contribution in [3.8, 4) is 11.3 Å². The average molecular weight is 265 g/mol. The second-order valence-electron chi connectivity index (χ2n) is 4.88. The molecule has 0 bridgehead atoms. The van der Waals surface area contributed by atoms with Crippen LogP contribution in [0, 0.1) is 18.6 Å². The smallest absolute Gasteiger partial charge is 0.137 e. The van der Waals surface area contributed by atoms with E-state index in [9.17, 15) is 8.78 Å². The number of rotatable bonds is 4. The monoisotopic (exact) mass is 265 g/mol. The Morgan fingerprint density at radius 3 is 2.58 bits per heavy atom. The van der Waals surface area contributed by atoms with Crippen molar-refractivity contribution in [2.45, 2.75) is 33.4 Å². The highest BCUT2D eigenvalue weighted by Gasteiger charge is 2.13. The quantitative estimate of drug-likeness (QED) is 0.902. The van der Waals surface area contributed by atoms with Crippen LogP contribution in [-0.2, 0) is 6.54 Å². The van der Waals surface area contributed by atoms with E-state index < -0.39 is 11.6 Å². The average Bonchev–Trinajstić information content (AvgIpc) is 2.80. The molecule has 0 aliphatic heterocycles. The van der Waals surface area contributed by atoms with Gasteiger partial charge in [0.2, 0.25) is 0 Å². The summed E-state index contributed by atoms with van der Waals surface area (Å²) in [5.74, 6) is 0.132. The van der Waals surface area contributed by atoms with E-state index in [1.807, 2.05) is 13.8 Å². The largest absolute Gasteiger partial charge is 0.460 e. The number of furan rings is 1. The van der Waals surface area contributed by atoms with Crippen molar-refractivity contribution in [1.82, 2.24) is 5.32 Å². The van der Waals surface area contributed by atoms with Gasteiger partial charge in [-0.05, 0) is 36.8 Å². The topological polar surface area (TPSA) is 25.2 Å². The normalized spacial score (nSPS) is 11.3.